The molecule has 0 saturated carbocycles. The van der Waals surface area contributed by atoms with Crippen LogP contribution in [0.2, 0.25) is 0 Å². The molecule has 0 aromatic carbocycles. The number of hydrogen-bond donors (Lipinski definition) is 1. The summed E-state index contributed by atoms with van der Waals surface area (Å²) in [6.07, 6.45) is 5.52. The summed E-state index contributed by atoms with van der Waals surface area (Å²) >= 11 is 0. The van der Waals surface area contributed by atoms with E-state index >= 15 is 0 Å². The molecule has 3 aromatic rings. The molecule has 0 unspecified atom stereocenters. The van der Waals surface area contributed by atoms with E-state index in [1.165, 1.54) is 19.0 Å². The van der Waals surface area contributed by atoms with Crippen LogP contribution in [0.1, 0.15) is 23.2 Å². The lowest BCUT2D eigenvalue weighted by molar-refractivity contribution is 0.102. The maximum absolute atomic E-state index is 12.2. The number of amides is 1. The molecule has 3 aromatic heterocycles. The molecular weight excluding hydrogens is 292 g/mol. The van der Waals surface area contributed by atoms with Crippen LogP contribution in [0.5, 0.6) is 0 Å². The average molecular weight is 308 g/mol. The molecule has 1 fully saturated rings. The molecule has 0 radical (unpaired) electrons. The van der Waals surface area contributed by atoms with Crippen molar-refractivity contribution in [3.8, 4) is 0 Å². The maximum atomic E-state index is 12.2. The second kappa shape index (κ2) is 5.68. The second-order valence-corrected chi connectivity index (χ2v) is 5.48. The van der Waals surface area contributed by atoms with Gasteiger partial charge in [-0.2, -0.15) is 9.50 Å². The molecular formula is C16H16N6O. The van der Waals surface area contributed by atoms with Crippen LogP contribution in [0, 0.1) is 0 Å². The first-order chi connectivity index (χ1) is 11.3. The van der Waals surface area contributed by atoms with Gasteiger partial charge in [0.05, 0.1) is 5.56 Å². The number of rotatable bonds is 3. The number of anilines is 2. The Morgan fingerprint density at radius 1 is 1.13 bits per heavy atom. The highest BCUT2D eigenvalue weighted by molar-refractivity contribution is 6.03. The SMILES string of the molecule is O=C(Nc1nc2cccc(N3CCCC3)n2n1)c1cccnc1. The number of carbonyl (C=O) groups is 1. The fraction of sp³-hybridized carbons (Fsp3) is 0.250. The lowest BCUT2D eigenvalue weighted by Gasteiger charge is -2.17. The highest BCUT2D eigenvalue weighted by Crippen LogP contribution is 2.21. The van der Waals surface area contributed by atoms with Crippen molar-refractivity contribution >= 4 is 23.3 Å². The van der Waals surface area contributed by atoms with Crippen LogP contribution < -0.4 is 10.2 Å². The largest absolute Gasteiger partial charge is 0.356 e. The van der Waals surface area contributed by atoms with E-state index in [-0.39, 0.29) is 5.91 Å². The quantitative estimate of drug-likeness (QED) is 0.800. The van der Waals surface area contributed by atoms with E-state index < -0.39 is 0 Å². The van der Waals surface area contributed by atoms with Gasteiger partial charge in [0.15, 0.2) is 5.65 Å². The third kappa shape index (κ3) is 2.61. The Bertz CT molecular complexity index is 838. The molecule has 1 amide bonds. The summed E-state index contributed by atoms with van der Waals surface area (Å²) in [5.74, 6) is 1.04. The molecule has 4 heterocycles. The Hall–Kier alpha value is -2.96. The van der Waals surface area contributed by atoms with Gasteiger partial charge in [0.25, 0.3) is 5.91 Å². The number of nitrogens with zero attached hydrogens (tertiary/aromatic N) is 5. The number of pyridine rings is 2. The van der Waals surface area contributed by atoms with Gasteiger partial charge in [0.1, 0.15) is 5.82 Å². The van der Waals surface area contributed by atoms with Crippen molar-refractivity contribution in [3.05, 3.63) is 48.3 Å². The zero-order valence-electron chi connectivity index (χ0n) is 12.5. The zero-order chi connectivity index (χ0) is 15.6. The van der Waals surface area contributed by atoms with E-state index in [4.69, 9.17) is 0 Å². The molecule has 0 atom stereocenters. The molecule has 1 N–H and O–H groups in total. The summed E-state index contributed by atoms with van der Waals surface area (Å²) < 4.78 is 1.78. The standard InChI is InChI=1S/C16H16N6O/c23-15(12-5-4-8-17-11-12)19-16-18-13-6-3-7-14(22(13)20-16)21-9-1-2-10-21/h3-8,11H,1-2,9-10H2,(H,19,20,23). The van der Waals surface area contributed by atoms with E-state index in [9.17, 15) is 4.79 Å². The topological polar surface area (TPSA) is 75.4 Å². The van der Waals surface area contributed by atoms with Crippen LogP contribution in [-0.2, 0) is 0 Å². The van der Waals surface area contributed by atoms with Crippen molar-refractivity contribution in [3.63, 3.8) is 0 Å². The molecule has 0 aliphatic carbocycles. The smallest absolute Gasteiger partial charge is 0.259 e. The molecule has 1 aliphatic heterocycles. The molecule has 1 aliphatic rings. The molecule has 4 rings (SSSR count). The van der Waals surface area contributed by atoms with Crippen molar-refractivity contribution in [2.24, 2.45) is 0 Å². The van der Waals surface area contributed by atoms with Gasteiger partial charge in [-0.3, -0.25) is 15.1 Å². The molecule has 0 spiro atoms. The molecule has 23 heavy (non-hydrogen) atoms. The fourth-order valence-electron chi connectivity index (χ4n) is 2.80. The van der Waals surface area contributed by atoms with Gasteiger partial charge in [-0.05, 0) is 37.1 Å². The predicted molar refractivity (Wildman–Crippen MR) is 86.6 cm³/mol. The van der Waals surface area contributed by atoms with Crippen LogP contribution in [0.15, 0.2) is 42.7 Å². The monoisotopic (exact) mass is 308 g/mol. The van der Waals surface area contributed by atoms with E-state index in [0.717, 1.165) is 24.6 Å². The number of hydrogen-bond acceptors (Lipinski definition) is 5. The van der Waals surface area contributed by atoms with Gasteiger partial charge in [-0.15, -0.1) is 5.10 Å². The van der Waals surface area contributed by atoms with Crippen LogP contribution in [0.4, 0.5) is 11.8 Å². The van der Waals surface area contributed by atoms with Gasteiger partial charge in [-0.1, -0.05) is 6.07 Å². The summed E-state index contributed by atoms with van der Waals surface area (Å²) in [5, 5.41) is 7.16. The van der Waals surface area contributed by atoms with Gasteiger partial charge in [0, 0.05) is 25.5 Å². The average Bonchev–Trinajstić information content (AvgIpc) is 3.24. The molecule has 116 valence electrons. The minimum Gasteiger partial charge on any atom is -0.356 e. The summed E-state index contributed by atoms with van der Waals surface area (Å²) in [4.78, 5) is 22.8. The molecule has 7 heteroatoms. The Morgan fingerprint density at radius 3 is 2.78 bits per heavy atom. The Kier molecular flexibility index (Phi) is 3.38. The van der Waals surface area contributed by atoms with Gasteiger partial charge < -0.3 is 4.90 Å². The molecule has 7 nitrogen and oxygen atoms in total. The number of carbonyl (C=O) groups excluding carboxylic acids is 1. The van der Waals surface area contributed by atoms with Crippen LogP contribution in [-0.4, -0.2) is 38.6 Å². The Labute approximate surface area is 133 Å². The maximum Gasteiger partial charge on any atom is 0.259 e. The van der Waals surface area contributed by atoms with Gasteiger partial charge in [-0.25, -0.2) is 0 Å². The Morgan fingerprint density at radius 2 is 2.00 bits per heavy atom. The Balaban J connectivity index is 1.64. The number of aromatic nitrogens is 4. The van der Waals surface area contributed by atoms with Crippen LogP contribution in [0.3, 0.4) is 0 Å². The molecule has 1 saturated heterocycles. The van der Waals surface area contributed by atoms with E-state index in [2.05, 4.69) is 25.3 Å². The van der Waals surface area contributed by atoms with Crippen molar-refractivity contribution < 1.29 is 4.79 Å². The van der Waals surface area contributed by atoms with Gasteiger partial charge >= 0.3 is 0 Å². The highest BCUT2D eigenvalue weighted by atomic mass is 16.1. The summed E-state index contributed by atoms with van der Waals surface area (Å²) in [7, 11) is 0. The minimum atomic E-state index is -0.267. The van der Waals surface area contributed by atoms with E-state index in [0.29, 0.717) is 11.5 Å². The lowest BCUT2D eigenvalue weighted by Crippen LogP contribution is -2.20. The third-order valence-corrected chi connectivity index (χ3v) is 3.92. The number of fused-ring (bicyclic) bond motifs is 1. The summed E-state index contributed by atoms with van der Waals surface area (Å²) in [6.45, 7) is 2.05. The van der Waals surface area contributed by atoms with Crippen molar-refractivity contribution in [2.45, 2.75) is 12.8 Å². The van der Waals surface area contributed by atoms with Crippen LogP contribution >= 0.6 is 0 Å². The van der Waals surface area contributed by atoms with Crippen molar-refractivity contribution in [2.75, 3.05) is 23.3 Å². The van der Waals surface area contributed by atoms with Crippen LogP contribution in [0.25, 0.3) is 5.65 Å². The first kappa shape index (κ1) is 13.7. The second-order valence-electron chi connectivity index (χ2n) is 5.48. The summed E-state index contributed by atoms with van der Waals surface area (Å²) in [6, 6.07) is 9.29. The van der Waals surface area contributed by atoms with Gasteiger partial charge in [0.2, 0.25) is 5.95 Å². The zero-order valence-corrected chi connectivity index (χ0v) is 12.5. The number of nitrogens with one attached hydrogen (secondary N) is 1. The highest BCUT2D eigenvalue weighted by Gasteiger charge is 2.17. The normalized spacial score (nSPS) is 14.3. The molecule has 0 bridgehead atoms. The van der Waals surface area contributed by atoms with Crippen molar-refractivity contribution in [1.82, 2.24) is 19.6 Å². The lowest BCUT2D eigenvalue weighted by atomic mass is 10.3. The predicted octanol–water partition coefficient (Wildman–Crippen LogP) is 1.98. The van der Waals surface area contributed by atoms with E-state index in [1.54, 1.807) is 22.8 Å². The third-order valence-electron chi connectivity index (χ3n) is 3.92. The van der Waals surface area contributed by atoms with E-state index in [1.807, 2.05) is 18.2 Å². The first-order valence-corrected chi connectivity index (χ1v) is 7.63. The first-order valence-electron chi connectivity index (χ1n) is 7.63. The van der Waals surface area contributed by atoms with Crippen molar-refractivity contribution in [1.29, 1.82) is 0 Å². The minimum absolute atomic E-state index is 0.267. The summed E-state index contributed by atoms with van der Waals surface area (Å²) in [5.41, 5.74) is 1.20. The fourth-order valence-corrected chi connectivity index (χ4v) is 2.80.